The normalized spacial score (nSPS) is 10.8. The van der Waals surface area contributed by atoms with Crippen molar-refractivity contribution < 1.29 is 9.53 Å². The van der Waals surface area contributed by atoms with E-state index in [4.69, 9.17) is 10.1 Å². The Morgan fingerprint density at radius 1 is 1.53 bits per heavy atom. The van der Waals surface area contributed by atoms with Crippen LogP contribution in [-0.4, -0.2) is 27.9 Å². The Morgan fingerprint density at radius 2 is 2.18 bits per heavy atom. The van der Waals surface area contributed by atoms with Gasteiger partial charge in [0.2, 0.25) is 0 Å². The van der Waals surface area contributed by atoms with Crippen LogP contribution in [0, 0.1) is 5.41 Å². The molecule has 0 fully saturated rings. The second-order valence-electron chi connectivity index (χ2n) is 4.20. The summed E-state index contributed by atoms with van der Waals surface area (Å²) in [7, 11) is 0. The minimum absolute atomic E-state index is 0.233. The van der Waals surface area contributed by atoms with E-state index in [1.807, 2.05) is 0 Å². The number of nitrogens with one attached hydrogen (secondary N) is 2. The van der Waals surface area contributed by atoms with Crippen LogP contribution < -0.4 is 5.32 Å². The Morgan fingerprint density at radius 3 is 2.71 bits per heavy atom. The van der Waals surface area contributed by atoms with Crippen LogP contribution in [-0.2, 0) is 4.74 Å². The largest absolute Gasteiger partial charge is 0.444 e. The van der Waals surface area contributed by atoms with Crippen LogP contribution in [0.3, 0.4) is 0 Å². The molecular formula is C10H13BrN4O2. The van der Waals surface area contributed by atoms with E-state index < -0.39 is 11.7 Å². The van der Waals surface area contributed by atoms with Crippen LogP contribution in [0.15, 0.2) is 10.9 Å². The van der Waals surface area contributed by atoms with Gasteiger partial charge in [-0.25, -0.2) is 14.8 Å². The van der Waals surface area contributed by atoms with Gasteiger partial charge in [0.25, 0.3) is 0 Å². The lowest BCUT2D eigenvalue weighted by atomic mass is 10.2. The minimum Gasteiger partial charge on any atom is -0.444 e. The highest BCUT2D eigenvalue weighted by Gasteiger charge is 2.18. The van der Waals surface area contributed by atoms with Gasteiger partial charge >= 0.3 is 6.09 Å². The van der Waals surface area contributed by atoms with E-state index in [1.165, 1.54) is 6.33 Å². The van der Waals surface area contributed by atoms with Gasteiger partial charge in [-0.1, -0.05) is 0 Å². The predicted octanol–water partition coefficient (Wildman–Crippen LogP) is 2.58. The lowest BCUT2D eigenvalue weighted by molar-refractivity contribution is 0.0635. The van der Waals surface area contributed by atoms with E-state index in [1.54, 1.807) is 20.8 Å². The number of carbonyl (C=O) groups is 1. The zero-order valence-electron chi connectivity index (χ0n) is 9.74. The summed E-state index contributed by atoms with van der Waals surface area (Å²) in [5.74, 6) is 0.233. The zero-order chi connectivity index (χ0) is 13.1. The van der Waals surface area contributed by atoms with Gasteiger partial charge in [0.15, 0.2) is 0 Å². The number of aromatic nitrogens is 2. The summed E-state index contributed by atoms with van der Waals surface area (Å²) in [6.07, 6.45) is 1.71. The highest BCUT2D eigenvalue weighted by atomic mass is 79.9. The molecule has 0 saturated carbocycles. The van der Waals surface area contributed by atoms with Crippen molar-refractivity contribution in [1.29, 1.82) is 5.41 Å². The molecule has 1 rings (SSSR count). The third kappa shape index (κ3) is 4.10. The van der Waals surface area contributed by atoms with Gasteiger partial charge in [-0.3, -0.25) is 5.32 Å². The molecule has 2 N–H and O–H groups in total. The molecule has 6 nitrogen and oxygen atoms in total. The Hall–Kier alpha value is -1.50. The number of hydrogen-bond acceptors (Lipinski definition) is 5. The fourth-order valence-corrected chi connectivity index (χ4v) is 1.40. The number of hydrogen-bond donors (Lipinski definition) is 2. The van der Waals surface area contributed by atoms with Gasteiger partial charge in [-0.2, -0.15) is 0 Å². The van der Waals surface area contributed by atoms with Gasteiger partial charge in [0, 0.05) is 6.21 Å². The molecular weight excluding hydrogens is 288 g/mol. The van der Waals surface area contributed by atoms with Crippen molar-refractivity contribution in [2.24, 2.45) is 0 Å². The third-order valence-electron chi connectivity index (χ3n) is 1.60. The molecule has 0 radical (unpaired) electrons. The van der Waals surface area contributed by atoms with Gasteiger partial charge in [-0.15, -0.1) is 0 Å². The summed E-state index contributed by atoms with van der Waals surface area (Å²) in [6, 6.07) is 0. The van der Waals surface area contributed by atoms with Crippen molar-refractivity contribution in [3.05, 3.63) is 16.5 Å². The van der Waals surface area contributed by atoms with E-state index in [2.05, 4.69) is 31.2 Å². The van der Waals surface area contributed by atoms with Crippen LogP contribution in [0.25, 0.3) is 0 Å². The molecule has 0 bridgehead atoms. The van der Waals surface area contributed by atoms with Crippen molar-refractivity contribution in [3.8, 4) is 0 Å². The zero-order valence-corrected chi connectivity index (χ0v) is 11.3. The molecule has 0 aliphatic heterocycles. The second-order valence-corrected chi connectivity index (χ2v) is 4.95. The quantitative estimate of drug-likeness (QED) is 0.649. The first kappa shape index (κ1) is 13.6. The third-order valence-corrected chi connectivity index (χ3v) is 2.23. The molecule has 0 aromatic carbocycles. The van der Waals surface area contributed by atoms with Crippen LogP contribution >= 0.6 is 15.9 Å². The first-order valence-electron chi connectivity index (χ1n) is 4.84. The molecule has 1 amide bonds. The average molecular weight is 301 g/mol. The number of rotatable bonds is 2. The molecule has 0 unspecified atom stereocenters. The number of amides is 1. The van der Waals surface area contributed by atoms with Gasteiger partial charge in [0.1, 0.15) is 22.3 Å². The summed E-state index contributed by atoms with van der Waals surface area (Å²) in [6.45, 7) is 5.29. The molecule has 0 saturated heterocycles. The maximum absolute atomic E-state index is 11.5. The minimum atomic E-state index is -0.619. The standard InChI is InChI=1S/C10H13BrN4O2/c1-10(2,3)17-9(16)15-8-6(4-12)7(11)13-5-14-8/h4-5,12H,1-3H3,(H,13,14,15,16). The number of halogens is 1. The van der Waals surface area contributed by atoms with E-state index in [0.29, 0.717) is 10.2 Å². The maximum Gasteiger partial charge on any atom is 0.413 e. The lowest BCUT2D eigenvalue weighted by Crippen LogP contribution is -2.28. The molecule has 17 heavy (non-hydrogen) atoms. The lowest BCUT2D eigenvalue weighted by Gasteiger charge is -2.19. The van der Waals surface area contributed by atoms with Crippen LogP contribution in [0.4, 0.5) is 10.6 Å². The summed E-state index contributed by atoms with van der Waals surface area (Å²) < 4.78 is 5.52. The van der Waals surface area contributed by atoms with Gasteiger partial charge in [0.05, 0.1) is 5.56 Å². The number of carbonyl (C=O) groups excluding carboxylic acids is 1. The Kier molecular flexibility index (Phi) is 4.17. The number of anilines is 1. The molecule has 7 heteroatoms. The van der Waals surface area contributed by atoms with Crippen LogP contribution in [0.1, 0.15) is 26.3 Å². The summed E-state index contributed by atoms with van der Waals surface area (Å²) in [5, 5.41) is 9.69. The summed E-state index contributed by atoms with van der Waals surface area (Å²) >= 11 is 3.16. The molecule has 0 aliphatic carbocycles. The molecule has 0 spiro atoms. The highest BCUT2D eigenvalue weighted by Crippen LogP contribution is 2.18. The molecule has 1 aromatic heterocycles. The van der Waals surface area contributed by atoms with Crippen molar-refractivity contribution in [2.75, 3.05) is 5.32 Å². The molecule has 92 valence electrons. The Balaban J connectivity index is 2.85. The van der Waals surface area contributed by atoms with E-state index >= 15 is 0 Å². The Bertz CT molecular complexity index is 442. The van der Waals surface area contributed by atoms with E-state index in [0.717, 1.165) is 6.21 Å². The van der Waals surface area contributed by atoms with Gasteiger partial charge < -0.3 is 10.1 Å². The van der Waals surface area contributed by atoms with Crippen LogP contribution in [0.5, 0.6) is 0 Å². The smallest absolute Gasteiger partial charge is 0.413 e. The first-order valence-corrected chi connectivity index (χ1v) is 5.64. The fraction of sp³-hybridized carbons (Fsp3) is 0.400. The maximum atomic E-state index is 11.5. The monoisotopic (exact) mass is 300 g/mol. The van der Waals surface area contributed by atoms with E-state index in [-0.39, 0.29) is 5.82 Å². The van der Waals surface area contributed by atoms with Crippen molar-refractivity contribution in [1.82, 2.24) is 9.97 Å². The number of ether oxygens (including phenoxy) is 1. The molecule has 0 atom stereocenters. The molecule has 1 heterocycles. The Labute approximate surface area is 107 Å². The fourth-order valence-electron chi connectivity index (χ4n) is 1.00. The van der Waals surface area contributed by atoms with Crippen molar-refractivity contribution >= 4 is 34.1 Å². The summed E-state index contributed by atoms with van der Waals surface area (Å²) in [4.78, 5) is 19.3. The number of nitrogens with zero attached hydrogens (tertiary/aromatic N) is 2. The molecule has 1 aromatic rings. The highest BCUT2D eigenvalue weighted by molar-refractivity contribution is 9.10. The average Bonchev–Trinajstić information content (AvgIpc) is 2.14. The van der Waals surface area contributed by atoms with Crippen LogP contribution in [0.2, 0.25) is 0 Å². The van der Waals surface area contributed by atoms with Crippen molar-refractivity contribution in [3.63, 3.8) is 0 Å². The van der Waals surface area contributed by atoms with Crippen molar-refractivity contribution in [2.45, 2.75) is 26.4 Å². The summed E-state index contributed by atoms with van der Waals surface area (Å²) in [5.41, 5.74) is -0.197. The van der Waals surface area contributed by atoms with E-state index in [9.17, 15) is 4.79 Å². The first-order chi connectivity index (χ1) is 7.83. The SMILES string of the molecule is CC(C)(C)OC(=O)Nc1ncnc(Br)c1C=N. The topological polar surface area (TPSA) is 88.0 Å². The van der Waals surface area contributed by atoms with Gasteiger partial charge in [-0.05, 0) is 36.7 Å². The predicted molar refractivity (Wildman–Crippen MR) is 67.5 cm³/mol. The second kappa shape index (κ2) is 5.22. The molecule has 0 aliphatic rings.